The van der Waals surface area contributed by atoms with E-state index in [2.05, 4.69) is 126 Å². The van der Waals surface area contributed by atoms with Crippen LogP contribution in [-0.4, -0.2) is 86.3 Å². The number of hydrogen-bond donors (Lipinski definition) is 7. The molecule has 0 aliphatic carbocycles. The molecule has 0 fully saturated rings. The van der Waals surface area contributed by atoms with Gasteiger partial charge in [0.15, 0.2) is 68.8 Å². The molecule has 14 aromatic rings. The number of anilines is 7. The van der Waals surface area contributed by atoms with E-state index < -0.39 is 0 Å². The SMILES string of the molecule is C.C=C(C)c1cnc2c(c1Oc1cnc(C)nc1N)CCN2.C=C(C)c1cnc2scnc2c1Oc1cnc(C)nc1N.CC(C)c1cnc2sccc2c1Oc1cnc(N)nc1N.Cc1ncc(Oc2c(C(C)C)cnc3oc(Cl)cc23)c(N)n1.Cc1ncc(Oc2c(C(C)C)cnc3occc23)c(N)n1. The Bertz CT molecular complexity index is 5450. The van der Waals surface area contributed by atoms with Gasteiger partial charge in [0.05, 0.1) is 58.9 Å². The van der Waals surface area contributed by atoms with Gasteiger partial charge in [0.2, 0.25) is 17.4 Å². The van der Waals surface area contributed by atoms with Crippen LogP contribution in [0.1, 0.15) is 137 Å². The molecule has 1 aliphatic heterocycles. The molecule has 0 unspecified atom stereocenters. The van der Waals surface area contributed by atoms with Gasteiger partial charge in [0, 0.05) is 77.0 Å². The summed E-state index contributed by atoms with van der Waals surface area (Å²) in [7, 11) is 0. The van der Waals surface area contributed by atoms with Crippen LogP contribution in [0.15, 0.2) is 119 Å². The maximum atomic E-state index is 6.01. The van der Waals surface area contributed by atoms with Crippen molar-refractivity contribution in [1.29, 1.82) is 0 Å². The number of nitrogens with zero attached hydrogens (tertiary/aromatic N) is 16. The number of nitrogens with one attached hydrogen (secondary N) is 1. The van der Waals surface area contributed by atoms with Gasteiger partial charge < -0.3 is 72.2 Å². The first-order valence-corrected chi connectivity index (χ1v) is 35.1. The molecule has 15 rings (SSSR count). The highest BCUT2D eigenvalue weighted by atomic mass is 35.5. The van der Waals surface area contributed by atoms with E-state index in [4.69, 9.17) is 78.5 Å². The monoisotopic (exact) mass is 1500 g/mol. The van der Waals surface area contributed by atoms with E-state index in [-0.39, 0.29) is 53.8 Å². The summed E-state index contributed by atoms with van der Waals surface area (Å²) in [5.41, 5.74) is 45.6. The number of thiophene rings is 1. The van der Waals surface area contributed by atoms with Crippen molar-refractivity contribution >= 4 is 129 Å². The van der Waals surface area contributed by atoms with Crippen LogP contribution in [0.3, 0.4) is 0 Å². The first kappa shape index (κ1) is 77.1. The Morgan fingerprint density at radius 1 is 0.486 bits per heavy atom. The lowest BCUT2D eigenvalue weighted by molar-refractivity contribution is 0.473. The summed E-state index contributed by atoms with van der Waals surface area (Å²) >= 11 is 8.94. The number of furan rings is 2. The lowest BCUT2D eigenvalue weighted by atomic mass is 10.0. The number of allylic oxidation sites excluding steroid dienone is 2. The number of fused-ring (bicyclic) bond motifs is 5. The number of aromatic nitrogens is 16. The van der Waals surface area contributed by atoms with Gasteiger partial charge in [-0.1, -0.05) is 62.1 Å². The maximum absolute atomic E-state index is 6.01. The smallest absolute Gasteiger partial charge is 0.231 e. The number of thiazole rings is 1. The second-order valence-corrected chi connectivity index (χ2v) is 27.0. The normalized spacial score (nSPS) is 11.3. The average molecular weight is 1500 g/mol. The predicted octanol–water partition coefficient (Wildman–Crippen LogP) is 17.1. The summed E-state index contributed by atoms with van der Waals surface area (Å²) in [4.78, 5) is 68.6. The van der Waals surface area contributed by atoms with Crippen molar-refractivity contribution in [1.82, 2.24) is 79.7 Å². The first-order valence-electron chi connectivity index (χ1n) is 32.9. The number of halogens is 1. The minimum atomic E-state index is 0. The van der Waals surface area contributed by atoms with Crippen LogP contribution in [0.4, 0.5) is 40.9 Å². The van der Waals surface area contributed by atoms with E-state index in [1.807, 2.05) is 51.4 Å². The predicted molar refractivity (Wildman–Crippen MR) is 421 cm³/mol. The Labute approximate surface area is 628 Å². The summed E-state index contributed by atoms with van der Waals surface area (Å²) < 4.78 is 40.5. The number of rotatable bonds is 15. The molecule has 0 aromatic carbocycles. The fourth-order valence-corrected chi connectivity index (χ4v) is 12.0. The molecule has 15 heterocycles. The molecular weight excluding hydrogens is 1420 g/mol. The van der Waals surface area contributed by atoms with Gasteiger partial charge in [-0.3, -0.25) is 0 Å². The number of nitrogen functional groups attached to an aromatic ring is 6. The summed E-state index contributed by atoms with van der Waals surface area (Å²) in [6.07, 6.45) is 19.0. The Hall–Kier alpha value is -12.6. The molecular formula is C74H80ClN23O7S2. The molecule has 0 bridgehead atoms. The number of ether oxygens (including phenoxy) is 5. The molecule has 552 valence electrons. The van der Waals surface area contributed by atoms with Crippen molar-refractivity contribution in [3.8, 4) is 57.5 Å². The number of nitrogens with two attached hydrogens (primary N) is 6. The van der Waals surface area contributed by atoms with Crippen LogP contribution < -0.4 is 63.4 Å². The van der Waals surface area contributed by atoms with Gasteiger partial charge in [0.25, 0.3) is 0 Å². The van der Waals surface area contributed by atoms with Crippen LogP contribution in [0.2, 0.25) is 5.22 Å². The van der Waals surface area contributed by atoms with Crippen LogP contribution in [0.25, 0.3) is 53.9 Å². The third-order valence-electron chi connectivity index (χ3n) is 15.8. The lowest BCUT2D eigenvalue weighted by Crippen LogP contribution is -2.03. The van der Waals surface area contributed by atoms with Gasteiger partial charge in [-0.2, -0.15) is 4.98 Å². The fraction of sp³-hybridized carbons (Fsp3) is 0.243. The van der Waals surface area contributed by atoms with Gasteiger partial charge >= 0.3 is 0 Å². The number of aryl methyl sites for hydroxylation is 4. The lowest BCUT2D eigenvalue weighted by Gasteiger charge is -2.15. The highest BCUT2D eigenvalue weighted by Gasteiger charge is 2.25. The largest absolute Gasteiger partial charge is 0.451 e. The second kappa shape index (κ2) is 33.5. The Morgan fingerprint density at radius 3 is 1.43 bits per heavy atom. The topological polar surface area (TPSA) is 447 Å². The van der Waals surface area contributed by atoms with Gasteiger partial charge in [0.1, 0.15) is 67.3 Å². The molecule has 0 amide bonds. The number of hydrogen-bond acceptors (Lipinski definition) is 32. The summed E-state index contributed by atoms with van der Waals surface area (Å²) in [5, 5.41) is 7.93. The van der Waals surface area contributed by atoms with Gasteiger partial charge in [-0.15, -0.1) is 22.7 Å². The third kappa shape index (κ3) is 17.8. The quantitative estimate of drug-likeness (QED) is 0.0501. The molecule has 14 aromatic heterocycles. The Morgan fingerprint density at radius 2 is 0.925 bits per heavy atom. The molecule has 13 N–H and O–H groups in total. The van der Waals surface area contributed by atoms with E-state index in [9.17, 15) is 0 Å². The number of pyridine rings is 5. The maximum Gasteiger partial charge on any atom is 0.231 e. The van der Waals surface area contributed by atoms with E-state index in [0.717, 1.165) is 95.2 Å². The van der Waals surface area contributed by atoms with Crippen LogP contribution in [0, 0.1) is 27.7 Å². The molecule has 107 heavy (non-hydrogen) atoms. The fourth-order valence-electron chi connectivity index (χ4n) is 10.5. The standard InChI is InChI=1S/C15H15ClN4O2.C15H17N5O.C15H16N4O2.C14H13N5OS.C14H15N5OS.CH4/c1-7(2)10-5-19-15-9(4-12(16)22-15)13(10)21-11-6-18-8(3)20-14(11)17;1-8(2)11-6-19-15-10(4-5-17-15)13(11)21-12-7-18-9(3)20-14(12)16;1-8(2)11-6-18-15-10(4-5-20-15)13(11)21-12-7-17-9(3)19-14(12)16;1-7(2)9-4-17-14-11(18-6-21-14)12(9)20-10-5-16-8(3)19-13(10)15;1-7(2)9-5-17-13-8(3-4-21-13)11(9)20-10-6-18-14(16)19-12(10)15;/h4-7H,1-3H3,(H2,17,18,20);6-7H,1,4-5H2,2-3H3,(H,17,19)(H2,16,18,20);4-8H,1-3H3,(H2,16,17,19);4-6H,1H2,2-3H3,(H2,15,16,19);3-7H,1-2H3,(H4,15,16,18,19);1H4. The van der Waals surface area contributed by atoms with Crippen molar-refractivity contribution in [2.24, 2.45) is 0 Å². The average Bonchev–Trinajstić information content (AvgIpc) is 1.70. The molecule has 0 atom stereocenters. The molecule has 0 radical (unpaired) electrons. The zero-order chi connectivity index (χ0) is 75.8. The highest BCUT2D eigenvalue weighted by molar-refractivity contribution is 7.16. The molecule has 33 heteroatoms. The van der Waals surface area contributed by atoms with E-state index >= 15 is 0 Å². The van der Waals surface area contributed by atoms with Crippen LogP contribution in [-0.2, 0) is 6.42 Å². The minimum absolute atomic E-state index is 0. The van der Waals surface area contributed by atoms with Crippen LogP contribution in [0.5, 0.6) is 57.5 Å². The third-order valence-corrected chi connectivity index (χ3v) is 17.6. The zero-order valence-electron chi connectivity index (χ0n) is 60.0. The zero-order valence-corrected chi connectivity index (χ0v) is 62.4. The first-order chi connectivity index (χ1) is 50.7. The summed E-state index contributed by atoms with van der Waals surface area (Å²) in [6, 6.07) is 5.49. The van der Waals surface area contributed by atoms with E-state index in [1.165, 1.54) is 17.5 Å². The summed E-state index contributed by atoms with van der Waals surface area (Å²) in [5.74, 6) is 10.9. The highest BCUT2D eigenvalue weighted by Crippen LogP contribution is 2.44. The Kier molecular flexibility index (Phi) is 24.1. The van der Waals surface area contributed by atoms with Crippen molar-refractivity contribution in [3.63, 3.8) is 0 Å². The van der Waals surface area contributed by atoms with E-state index in [1.54, 1.807) is 106 Å². The molecule has 0 saturated heterocycles. The second-order valence-electron chi connectivity index (χ2n) is 24.9. The van der Waals surface area contributed by atoms with Crippen molar-refractivity contribution in [3.05, 3.63) is 172 Å². The van der Waals surface area contributed by atoms with Crippen molar-refractivity contribution in [2.75, 3.05) is 46.3 Å². The van der Waals surface area contributed by atoms with Crippen LogP contribution >= 0.6 is 34.3 Å². The van der Waals surface area contributed by atoms with Gasteiger partial charge in [-0.05, 0) is 106 Å². The van der Waals surface area contributed by atoms with E-state index in [0.29, 0.717) is 103 Å². The van der Waals surface area contributed by atoms with Crippen molar-refractivity contribution in [2.45, 2.75) is 115 Å². The molecule has 0 saturated carbocycles. The summed E-state index contributed by atoms with van der Waals surface area (Å²) in [6.45, 7) is 32.1. The van der Waals surface area contributed by atoms with Crippen molar-refractivity contribution < 1.29 is 32.5 Å². The van der Waals surface area contributed by atoms with Gasteiger partial charge in [-0.25, -0.2) is 74.8 Å². The minimum Gasteiger partial charge on any atom is -0.451 e. The molecule has 1 aliphatic rings. The molecule has 30 nitrogen and oxygen atoms in total. The Balaban J connectivity index is 0.000000143. The molecule has 0 spiro atoms.